The quantitative estimate of drug-likeness (QED) is 0.583. The van der Waals surface area contributed by atoms with Gasteiger partial charge in [0.1, 0.15) is 11.2 Å². The third kappa shape index (κ3) is 4.51. The van der Waals surface area contributed by atoms with E-state index in [9.17, 15) is 26.0 Å². The molecule has 35 heavy (non-hydrogen) atoms. The molecule has 5 heterocycles. The number of pyridine rings is 1. The molecule has 0 aromatic carbocycles. The maximum atomic E-state index is 14.6. The molecular weight excluding hydrogens is 490 g/mol. The van der Waals surface area contributed by atoms with Crippen LogP contribution in [0.25, 0.3) is 10.9 Å². The maximum absolute atomic E-state index is 14.6. The maximum Gasteiger partial charge on any atom is 0.280 e. The number of hydrogen-bond donors (Lipinski definition) is 2. The van der Waals surface area contributed by atoms with Gasteiger partial charge in [0.15, 0.2) is 5.82 Å². The molecule has 0 aliphatic carbocycles. The summed E-state index contributed by atoms with van der Waals surface area (Å²) in [6.45, 7) is 0.824. The molecule has 0 radical (unpaired) electrons. The van der Waals surface area contributed by atoms with Crippen molar-refractivity contribution >= 4 is 32.7 Å². The third-order valence-electron chi connectivity index (χ3n) is 7.24. The summed E-state index contributed by atoms with van der Waals surface area (Å²) in [5, 5.41) is 6.25. The van der Waals surface area contributed by atoms with Crippen LogP contribution in [-0.4, -0.2) is 85.2 Å². The highest BCUT2D eigenvalue weighted by Crippen LogP contribution is 2.50. The van der Waals surface area contributed by atoms with Crippen molar-refractivity contribution in [2.24, 2.45) is 5.41 Å². The Morgan fingerprint density at radius 2 is 1.91 bits per heavy atom. The molecule has 0 unspecified atom stereocenters. The van der Waals surface area contributed by atoms with Gasteiger partial charge in [0.2, 0.25) is 16.0 Å². The van der Waals surface area contributed by atoms with Crippen LogP contribution in [0, 0.1) is 5.41 Å². The SMILES string of the molecule is CS(=O)(=O)N1CCC(Nc2ncc3cc(C(F)F)nc(N4CC5(CCNCC5(F)F)C4)c3n2)CC1. The van der Waals surface area contributed by atoms with Crippen LogP contribution in [0.1, 0.15) is 31.4 Å². The van der Waals surface area contributed by atoms with E-state index in [1.165, 1.54) is 22.8 Å². The van der Waals surface area contributed by atoms with E-state index in [1.807, 2.05) is 0 Å². The first kappa shape index (κ1) is 24.4. The van der Waals surface area contributed by atoms with Gasteiger partial charge in [0.25, 0.3) is 12.3 Å². The third-order valence-corrected chi connectivity index (χ3v) is 8.54. The van der Waals surface area contributed by atoms with Gasteiger partial charge in [-0.25, -0.2) is 45.2 Å². The van der Waals surface area contributed by atoms with Crippen molar-refractivity contribution in [2.45, 2.75) is 37.7 Å². The molecule has 2 aromatic rings. The molecule has 3 aliphatic rings. The highest BCUT2D eigenvalue weighted by atomic mass is 32.2. The van der Waals surface area contributed by atoms with E-state index in [0.29, 0.717) is 43.4 Å². The number of alkyl halides is 4. The number of halogens is 4. The molecule has 1 spiro atoms. The lowest BCUT2D eigenvalue weighted by Gasteiger charge is -2.56. The van der Waals surface area contributed by atoms with Crippen LogP contribution in [0.3, 0.4) is 0 Å². The van der Waals surface area contributed by atoms with E-state index in [0.717, 1.165) is 0 Å². The summed E-state index contributed by atoms with van der Waals surface area (Å²) < 4.78 is 81.2. The minimum atomic E-state index is -3.25. The number of rotatable bonds is 5. The lowest BCUT2D eigenvalue weighted by atomic mass is 9.69. The predicted octanol–water partition coefficient (Wildman–Crippen LogP) is 2.23. The Kier molecular flexibility index (Phi) is 6.03. The van der Waals surface area contributed by atoms with E-state index in [-0.39, 0.29) is 37.3 Å². The molecular formula is C21H27F4N7O2S. The first-order chi connectivity index (χ1) is 16.5. The zero-order chi connectivity index (χ0) is 25.0. The number of aromatic nitrogens is 3. The minimum Gasteiger partial charge on any atom is -0.353 e. The molecule has 0 bridgehead atoms. The number of hydrogen-bond acceptors (Lipinski definition) is 8. The van der Waals surface area contributed by atoms with Gasteiger partial charge in [-0.05, 0) is 31.9 Å². The van der Waals surface area contributed by atoms with Crippen LogP contribution in [0.4, 0.5) is 29.3 Å². The van der Waals surface area contributed by atoms with E-state index >= 15 is 0 Å². The molecule has 9 nitrogen and oxygen atoms in total. The first-order valence-corrected chi connectivity index (χ1v) is 13.3. The molecule has 5 rings (SSSR count). The lowest BCUT2D eigenvalue weighted by Crippen LogP contribution is -2.70. The Morgan fingerprint density at radius 1 is 1.20 bits per heavy atom. The molecule has 0 atom stereocenters. The Balaban J connectivity index is 1.40. The molecule has 3 saturated heterocycles. The number of anilines is 2. The van der Waals surface area contributed by atoms with Gasteiger partial charge in [-0.2, -0.15) is 0 Å². The lowest BCUT2D eigenvalue weighted by molar-refractivity contribution is -0.151. The minimum absolute atomic E-state index is 0.00713. The van der Waals surface area contributed by atoms with Gasteiger partial charge in [-0.15, -0.1) is 0 Å². The number of sulfonamides is 1. The molecule has 192 valence electrons. The van der Waals surface area contributed by atoms with Gasteiger partial charge in [-0.1, -0.05) is 0 Å². The van der Waals surface area contributed by atoms with Crippen molar-refractivity contribution in [2.75, 3.05) is 55.7 Å². The van der Waals surface area contributed by atoms with E-state index in [4.69, 9.17) is 0 Å². The number of fused-ring (bicyclic) bond motifs is 1. The fourth-order valence-electron chi connectivity index (χ4n) is 5.13. The molecule has 0 saturated carbocycles. The topological polar surface area (TPSA) is 103 Å². The standard InChI is InChI=1S/C21H27F4N7O2S/c1-35(33,34)32-6-2-14(3-7-32)28-19-27-9-13-8-15(17(22)23)29-18(16(13)30-19)31-11-20(12-31)4-5-26-10-21(20,24)25/h8-9,14,17,26H,2-7,10-12H2,1H3,(H,27,28,30). The second-order valence-electron chi connectivity index (χ2n) is 9.65. The van der Waals surface area contributed by atoms with Crippen LogP contribution in [0.15, 0.2) is 12.3 Å². The van der Waals surface area contributed by atoms with Crippen molar-refractivity contribution in [1.82, 2.24) is 24.6 Å². The molecule has 2 aromatic heterocycles. The van der Waals surface area contributed by atoms with Crippen molar-refractivity contribution in [3.05, 3.63) is 18.0 Å². The zero-order valence-corrected chi connectivity index (χ0v) is 20.0. The van der Waals surface area contributed by atoms with Gasteiger partial charge < -0.3 is 15.5 Å². The van der Waals surface area contributed by atoms with Gasteiger partial charge >= 0.3 is 0 Å². The van der Waals surface area contributed by atoms with Crippen LogP contribution in [-0.2, 0) is 10.0 Å². The summed E-state index contributed by atoms with van der Waals surface area (Å²) in [5.41, 5.74) is -1.36. The average molecular weight is 518 g/mol. The smallest absolute Gasteiger partial charge is 0.280 e. The zero-order valence-electron chi connectivity index (χ0n) is 19.1. The Labute approximate surface area is 200 Å². The summed E-state index contributed by atoms with van der Waals surface area (Å²) >= 11 is 0. The van der Waals surface area contributed by atoms with Crippen molar-refractivity contribution in [1.29, 1.82) is 0 Å². The van der Waals surface area contributed by atoms with Gasteiger partial charge in [-0.3, -0.25) is 0 Å². The second kappa shape index (κ2) is 8.66. The molecule has 0 amide bonds. The second-order valence-corrected chi connectivity index (χ2v) is 11.6. The summed E-state index contributed by atoms with van der Waals surface area (Å²) in [4.78, 5) is 14.4. The summed E-state index contributed by atoms with van der Waals surface area (Å²) in [6.07, 6.45) is 1.17. The fourth-order valence-corrected chi connectivity index (χ4v) is 6.00. The monoisotopic (exact) mass is 517 g/mol. The van der Waals surface area contributed by atoms with E-state index in [2.05, 4.69) is 25.6 Å². The average Bonchev–Trinajstić information content (AvgIpc) is 2.77. The molecule has 3 aliphatic heterocycles. The predicted molar refractivity (Wildman–Crippen MR) is 122 cm³/mol. The Hall–Kier alpha value is -2.32. The Morgan fingerprint density at radius 3 is 2.54 bits per heavy atom. The number of nitrogens with one attached hydrogen (secondary N) is 2. The normalized spacial score (nSPS) is 23.1. The van der Waals surface area contributed by atoms with Crippen molar-refractivity contribution in [3.63, 3.8) is 0 Å². The van der Waals surface area contributed by atoms with Crippen LogP contribution < -0.4 is 15.5 Å². The van der Waals surface area contributed by atoms with Crippen molar-refractivity contribution < 1.29 is 26.0 Å². The van der Waals surface area contributed by atoms with Crippen LogP contribution >= 0.6 is 0 Å². The van der Waals surface area contributed by atoms with E-state index < -0.39 is 40.0 Å². The van der Waals surface area contributed by atoms with E-state index in [1.54, 1.807) is 4.90 Å². The van der Waals surface area contributed by atoms with Crippen LogP contribution in [0.2, 0.25) is 0 Å². The fraction of sp³-hybridized carbons (Fsp3) is 0.667. The largest absolute Gasteiger partial charge is 0.353 e. The van der Waals surface area contributed by atoms with Gasteiger partial charge in [0, 0.05) is 43.8 Å². The summed E-state index contributed by atoms with van der Waals surface area (Å²) in [5.74, 6) is -2.50. The highest BCUT2D eigenvalue weighted by Gasteiger charge is 2.61. The molecule has 2 N–H and O–H groups in total. The van der Waals surface area contributed by atoms with Gasteiger partial charge in [0.05, 0.1) is 18.2 Å². The summed E-state index contributed by atoms with van der Waals surface area (Å²) in [7, 11) is -3.25. The first-order valence-electron chi connectivity index (χ1n) is 11.5. The highest BCUT2D eigenvalue weighted by molar-refractivity contribution is 7.88. The van der Waals surface area contributed by atoms with Crippen LogP contribution in [0.5, 0.6) is 0 Å². The number of piperidine rings is 2. The summed E-state index contributed by atoms with van der Waals surface area (Å²) in [6, 6.07) is 1.15. The van der Waals surface area contributed by atoms with Crippen molar-refractivity contribution in [3.8, 4) is 0 Å². The number of nitrogens with zero attached hydrogens (tertiary/aromatic N) is 5. The molecule has 3 fully saturated rings. The molecule has 14 heteroatoms. The Bertz CT molecular complexity index is 1220.